The molecule has 2 aromatic rings. The Morgan fingerprint density at radius 1 is 1.04 bits per heavy atom. The van der Waals surface area contributed by atoms with Gasteiger partial charge in [0.05, 0.1) is 0 Å². The largest absolute Gasteiger partial charge is 0.458 e. The van der Waals surface area contributed by atoms with Crippen LogP contribution in [0.4, 0.5) is 0 Å². The molecule has 0 amide bonds. The molecule has 0 N–H and O–H groups in total. The van der Waals surface area contributed by atoms with Crippen molar-refractivity contribution in [3.8, 4) is 0 Å². The average Bonchev–Trinajstić information content (AvgIpc) is 2.49. The Balaban J connectivity index is 2.19. The van der Waals surface area contributed by atoms with Crippen LogP contribution in [0.5, 0.6) is 0 Å². The average molecular weight is 377 g/mol. The smallest absolute Gasteiger partial charge is 0.303 e. The van der Waals surface area contributed by atoms with Crippen molar-refractivity contribution in [2.45, 2.75) is 37.3 Å². The van der Waals surface area contributed by atoms with Crippen molar-refractivity contribution in [3.63, 3.8) is 0 Å². The Labute approximate surface area is 142 Å². The lowest BCUT2D eigenvalue weighted by atomic mass is 9.83. The molecule has 23 heavy (non-hydrogen) atoms. The van der Waals surface area contributed by atoms with Crippen LogP contribution in [0.3, 0.4) is 0 Å². The van der Waals surface area contributed by atoms with E-state index in [1.807, 2.05) is 30.3 Å². The maximum Gasteiger partial charge on any atom is 0.303 e. The number of ether oxygens (including phenoxy) is 2. The molecular weight excluding hydrogens is 360 g/mol. The second kappa shape index (κ2) is 6.32. The summed E-state index contributed by atoms with van der Waals surface area (Å²) in [4.78, 5) is 23.1. The van der Waals surface area contributed by atoms with Gasteiger partial charge >= 0.3 is 11.9 Å². The van der Waals surface area contributed by atoms with E-state index < -0.39 is 12.2 Å². The minimum absolute atomic E-state index is 0.0401. The number of alkyl halides is 1. The van der Waals surface area contributed by atoms with Crippen molar-refractivity contribution in [1.29, 1.82) is 0 Å². The van der Waals surface area contributed by atoms with E-state index in [-0.39, 0.29) is 16.8 Å². The molecule has 0 spiro atoms. The summed E-state index contributed by atoms with van der Waals surface area (Å²) >= 11 is 3.67. The van der Waals surface area contributed by atoms with Gasteiger partial charge in [-0.25, -0.2) is 0 Å². The van der Waals surface area contributed by atoms with Crippen LogP contribution in [-0.4, -0.2) is 18.0 Å². The van der Waals surface area contributed by atoms with Crippen molar-refractivity contribution < 1.29 is 19.1 Å². The van der Waals surface area contributed by atoms with E-state index in [9.17, 15) is 9.59 Å². The van der Waals surface area contributed by atoms with E-state index in [1.165, 1.54) is 13.8 Å². The number of hydrogen-bond acceptors (Lipinski definition) is 4. The summed E-state index contributed by atoms with van der Waals surface area (Å²) in [5, 5.41) is 2.07. The first-order valence-corrected chi connectivity index (χ1v) is 8.39. The van der Waals surface area contributed by atoms with Crippen molar-refractivity contribution in [1.82, 2.24) is 0 Å². The molecule has 2 aromatic carbocycles. The molecule has 5 heteroatoms. The van der Waals surface area contributed by atoms with Gasteiger partial charge in [0, 0.05) is 30.7 Å². The minimum atomic E-state index is -0.591. The molecule has 0 saturated carbocycles. The second-order valence-corrected chi connectivity index (χ2v) is 6.78. The first-order chi connectivity index (χ1) is 11.0. The maximum atomic E-state index is 11.6. The fourth-order valence-corrected chi connectivity index (χ4v) is 3.95. The van der Waals surface area contributed by atoms with Crippen molar-refractivity contribution in [2.75, 3.05) is 0 Å². The molecule has 0 bridgehead atoms. The summed E-state index contributed by atoms with van der Waals surface area (Å²) in [5.41, 5.74) is 1.98. The molecule has 0 heterocycles. The van der Waals surface area contributed by atoms with Crippen molar-refractivity contribution >= 4 is 38.6 Å². The normalized spacial score (nSPS) is 23.2. The molecule has 3 rings (SSSR count). The second-order valence-electron chi connectivity index (χ2n) is 5.67. The molecule has 0 aromatic heterocycles. The Bertz CT molecular complexity index is 771. The van der Waals surface area contributed by atoms with Gasteiger partial charge in [-0.1, -0.05) is 52.3 Å². The van der Waals surface area contributed by atoms with Crippen LogP contribution in [0.2, 0.25) is 0 Å². The predicted molar refractivity (Wildman–Crippen MR) is 90.3 cm³/mol. The van der Waals surface area contributed by atoms with Crippen LogP contribution in [0.25, 0.3) is 10.8 Å². The lowest BCUT2D eigenvalue weighted by Crippen LogP contribution is -2.33. The highest BCUT2D eigenvalue weighted by atomic mass is 79.9. The number of carbonyl (C=O) groups is 2. The summed E-state index contributed by atoms with van der Waals surface area (Å²) < 4.78 is 11.0. The summed E-state index contributed by atoms with van der Waals surface area (Å²) in [5.74, 6) is -0.769. The Kier molecular flexibility index (Phi) is 4.39. The van der Waals surface area contributed by atoms with Gasteiger partial charge < -0.3 is 9.47 Å². The zero-order valence-corrected chi connectivity index (χ0v) is 14.5. The molecule has 120 valence electrons. The van der Waals surface area contributed by atoms with Crippen molar-refractivity contribution in [3.05, 3.63) is 47.5 Å². The van der Waals surface area contributed by atoms with Gasteiger partial charge in [0.15, 0.2) is 6.10 Å². The van der Waals surface area contributed by atoms with Crippen LogP contribution in [0.15, 0.2) is 36.4 Å². The van der Waals surface area contributed by atoms with Gasteiger partial charge in [0.1, 0.15) is 6.10 Å². The van der Waals surface area contributed by atoms with Crippen LogP contribution in [0, 0.1) is 0 Å². The van der Waals surface area contributed by atoms with E-state index in [0.29, 0.717) is 6.42 Å². The molecule has 1 aliphatic carbocycles. The van der Waals surface area contributed by atoms with E-state index in [1.54, 1.807) is 0 Å². The quantitative estimate of drug-likeness (QED) is 0.581. The standard InChI is InChI=1S/C18H17BrO4/c1-10(20)22-16-9-15(19)14-8-7-12-5-3-4-6-13(12)17(14)18(16)23-11(2)21/h3-8,15-16,18H,9H2,1-2H3/t15-,16+,18-/m1/s1. The Morgan fingerprint density at radius 2 is 1.74 bits per heavy atom. The maximum absolute atomic E-state index is 11.6. The van der Waals surface area contributed by atoms with E-state index in [2.05, 4.69) is 22.0 Å². The number of rotatable bonds is 2. The number of esters is 2. The third-order valence-corrected chi connectivity index (χ3v) is 4.88. The van der Waals surface area contributed by atoms with Crippen LogP contribution >= 0.6 is 15.9 Å². The number of carbonyl (C=O) groups excluding carboxylic acids is 2. The summed E-state index contributed by atoms with van der Waals surface area (Å²) in [7, 11) is 0. The predicted octanol–water partition coefficient (Wildman–Crippen LogP) is 4.22. The monoisotopic (exact) mass is 376 g/mol. The molecule has 3 atom stereocenters. The number of halogens is 1. The lowest BCUT2D eigenvalue weighted by molar-refractivity contribution is -0.167. The molecular formula is C18H17BrO4. The SMILES string of the molecule is CC(=O)O[C@H]1C[C@@H](Br)c2ccc3ccccc3c2[C@@H]1OC(C)=O. The van der Waals surface area contributed by atoms with Gasteiger partial charge in [0.25, 0.3) is 0 Å². The lowest BCUT2D eigenvalue weighted by Gasteiger charge is -2.35. The molecule has 0 aliphatic heterocycles. The number of hydrogen-bond donors (Lipinski definition) is 0. The summed E-state index contributed by atoms with van der Waals surface area (Å²) in [6.45, 7) is 2.74. The zero-order valence-electron chi connectivity index (χ0n) is 12.9. The molecule has 0 fully saturated rings. The highest BCUT2D eigenvalue weighted by Crippen LogP contribution is 2.46. The number of benzene rings is 2. The molecule has 1 aliphatic rings. The van der Waals surface area contributed by atoms with Crippen molar-refractivity contribution in [2.24, 2.45) is 0 Å². The highest BCUT2D eigenvalue weighted by molar-refractivity contribution is 9.09. The topological polar surface area (TPSA) is 52.6 Å². The zero-order chi connectivity index (χ0) is 16.6. The molecule has 0 radical (unpaired) electrons. The van der Waals surface area contributed by atoms with Gasteiger partial charge in [-0.3, -0.25) is 9.59 Å². The first-order valence-electron chi connectivity index (χ1n) is 7.47. The first kappa shape index (κ1) is 16.0. The Morgan fingerprint density at radius 3 is 2.43 bits per heavy atom. The van der Waals surface area contributed by atoms with Gasteiger partial charge in [-0.05, 0) is 16.3 Å². The van der Waals surface area contributed by atoms with Gasteiger partial charge in [-0.2, -0.15) is 0 Å². The van der Waals surface area contributed by atoms with E-state index >= 15 is 0 Å². The molecule has 4 nitrogen and oxygen atoms in total. The summed E-state index contributed by atoms with van der Waals surface area (Å²) in [6, 6.07) is 12.0. The molecule has 0 unspecified atom stereocenters. The Hall–Kier alpha value is -1.88. The van der Waals surface area contributed by atoms with Crippen LogP contribution in [-0.2, 0) is 19.1 Å². The van der Waals surface area contributed by atoms with E-state index in [0.717, 1.165) is 21.9 Å². The summed E-state index contributed by atoms with van der Waals surface area (Å²) in [6.07, 6.45) is -0.534. The highest BCUT2D eigenvalue weighted by Gasteiger charge is 2.39. The van der Waals surface area contributed by atoms with Gasteiger partial charge in [0.2, 0.25) is 0 Å². The van der Waals surface area contributed by atoms with E-state index in [4.69, 9.17) is 9.47 Å². The van der Waals surface area contributed by atoms with Crippen LogP contribution < -0.4 is 0 Å². The number of fused-ring (bicyclic) bond motifs is 3. The third kappa shape index (κ3) is 3.11. The fraction of sp³-hybridized carbons (Fsp3) is 0.333. The third-order valence-electron chi connectivity index (χ3n) is 4.01. The fourth-order valence-electron chi connectivity index (χ4n) is 3.18. The minimum Gasteiger partial charge on any atom is -0.458 e. The van der Waals surface area contributed by atoms with Crippen LogP contribution in [0.1, 0.15) is 42.3 Å². The van der Waals surface area contributed by atoms with Gasteiger partial charge in [-0.15, -0.1) is 0 Å². The molecule has 0 saturated heterocycles.